The average molecular weight is 209 g/mol. The highest BCUT2D eigenvalue weighted by Gasteiger charge is 2.23. The van der Waals surface area contributed by atoms with E-state index < -0.39 is 11.6 Å². The van der Waals surface area contributed by atoms with Gasteiger partial charge in [0, 0.05) is 6.04 Å². The molecule has 0 unspecified atom stereocenters. The average Bonchev–Trinajstić information content (AvgIpc) is 2.95. The number of benzene rings is 1. The molecule has 80 valence electrons. The third-order valence-corrected chi connectivity index (χ3v) is 2.32. The second-order valence-electron chi connectivity index (χ2n) is 3.80. The van der Waals surface area contributed by atoms with Gasteiger partial charge in [-0.3, -0.25) is 4.79 Å². The number of phenols is 1. The first-order valence-corrected chi connectivity index (χ1v) is 4.92. The summed E-state index contributed by atoms with van der Waals surface area (Å²) in [5.41, 5.74) is 0.618. The Balaban J connectivity index is 1.97. The molecule has 0 radical (unpaired) electrons. The summed E-state index contributed by atoms with van der Waals surface area (Å²) in [5, 5.41) is 11.9. The van der Waals surface area contributed by atoms with Crippen LogP contribution in [0.1, 0.15) is 18.4 Å². The monoisotopic (exact) mass is 209 g/mol. The number of aromatic hydroxyl groups is 1. The van der Waals surface area contributed by atoms with E-state index in [0.29, 0.717) is 11.6 Å². The Morgan fingerprint density at radius 2 is 2.27 bits per heavy atom. The molecule has 0 spiro atoms. The normalized spacial score (nSPS) is 15.0. The fourth-order valence-corrected chi connectivity index (χ4v) is 1.36. The van der Waals surface area contributed by atoms with Gasteiger partial charge in [-0.1, -0.05) is 6.07 Å². The lowest BCUT2D eigenvalue weighted by molar-refractivity contribution is -0.120. The van der Waals surface area contributed by atoms with Gasteiger partial charge in [0.2, 0.25) is 5.91 Å². The van der Waals surface area contributed by atoms with E-state index in [0.717, 1.165) is 18.9 Å². The zero-order valence-corrected chi connectivity index (χ0v) is 8.16. The molecule has 0 aromatic heterocycles. The Morgan fingerprint density at radius 3 is 2.87 bits per heavy atom. The zero-order valence-electron chi connectivity index (χ0n) is 8.16. The molecule has 0 aliphatic heterocycles. The van der Waals surface area contributed by atoms with E-state index >= 15 is 0 Å². The topological polar surface area (TPSA) is 49.3 Å². The third-order valence-electron chi connectivity index (χ3n) is 2.32. The number of hydrogen-bond acceptors (Lipinski definition) is 2. The predicted octanol–water partition coefficient (Wildman–Crippen LogP) is 1.35. The van der Waals surface area contributed by atoms with Crippen LogP contribution in [0, 0.1) is 5.82 Å². The Morgan fingerprint density at radius 1 is 1.53 bits per heavy atom. The van der Waals surface area contributed by atoms with Crippen molar-refractivity contribution in [2.75, 3.05) is 0 Å². The number of halogens is 1. The van der Waals surface area contributed by atoms with Crippen molar-refractivity contribution in [3.63, 3.8) is 0 Å². The minimum atomic E-state index is -0.665. The Hall–Kier alpha value is -1.58. The van der Waals surface area contributed by atoms with Gasteiger partial charge in [-0.25, -0.2) is 4.39 Å². The van der Waals surface area contributed by atoms with Gasteiger partial charge in [0.15, 0.2) is 11.6 Å². The summed E-state index contributed by atoms with van der Waals surface area (Å²) in [5.74, 6) is -1.16. The van der Waals surface area contributed by atoms with E-state index in [4.69, 9.17) is 5.11 Å². The van der Waals surface area contributed by atoms with E-state index in [-0.39, 0.29) is 12.3 Å². The van der Waals surface area contributed by atoms with Gasteiger partial charge in [0.1, 0.15) is 0 Å². The van der Waals surface area contributed by atoms with Gasteiger partial charge in [-0.2, -0.15) is 0 Å². The van der Waals surface area contributed by atoms with Crippen molar-refractivity contribution in [3.8, 4) is 5.75 Å². The van der Waals surface area contributed by atoms with Crippen molar-refractivity contribution < 1.29 is 14.3 Å². The van der Waals surface area contributed by atoms with Crippen molar-refractivity contribution in [1.29, 1.82) is 0 Å². The van der Waals surface area contributed by atoms with Gasteiger partial charge in [0.05, 0.1) is 6.42 Å². The maximum Gasteiger partial charge on any atom is 0.224 e. The molecule has 1 saturated carbocycles. The zero-order chi connectivity index (χ0) is 10.8. The molecule has 1 aromatic rings. The van der Waals surface area contributed by atoms with Crippen LogP contribution in [0.5, 0.6) is 5.75 Å². The molecule has 1 amide bonds. The first-order valence-electron chi connectivity index (χ1n) is 4.92. The van der Waals surface area contributed by atoms with Gasteiger partial charge < -0.3 is 10.4 Å². The van der Waals surface area contributed by atoms with E-state index in [1.165, 1.54) is 12.1 Å². The molecule has 0 bridgehead atoms. The Labute approximate surface area is 86.9 Å². The smallest absolute Gasteiger partial charge is 0.224 e. The first-order chi connectivity index (χ1) is 7.15. The Kier molecular flexibility index (Phi) is 2.58. The van der Waals surface area contributed by atoms with Gasteiger partial charge >= 0.3 is 0 Å². The van der Waals surface area contributed by atoms with Crippen LogP contribution in [-0.4, -0.2) is 17.1 Å². The van der Waals surface area contributed by atoms with Crippen molar-refractivity contribution in [3.05, 3.63) is 29.6 Å². The molecule has 2 N–H and O–H groups in total. The van der Waals surface area contributed by atoms with E-state index in [9.17, 15) is 9.18 Å². The molecular formula is C11H12FNO2. The van der Waals surface area contributed by atoms with Crippen LogP contribution in [-0.2, 0) is 11.2 Å². The van der Waals surface area contributed by atoms with E-state index in [1.54, 1.807) is 0 Å². The fraction of sp³-hybridized carbons (Fsp3) is 0.364. The van der Waals surface area contributed by atoms with Gasteiger partial charge in [-0.15, -0.1) is 0 Å². The molecule has 4 heteroatoms. The quantitative estimate of drug-likeness (QED) is 0.789. The molecule has 2 rings (SSSR count). The lowest BCUT2D eigenvalue weighted by atomic mass is 10.1. The standard InChI is InChI=1S/C11H12FNO2/c12-9-4-1-7(5-10(9)14)6-11(15)13-8-2-3-8/h1,4-5,8,14H,2-3,6H2,(H,13,15). The number of carbonyl (C=O) groups is 1. The molecular weight excluding hydrogens is 197 g/mol. The van der Waals surface area contributed by atoms with E-state index in [2.05, 4.69) is 5.32 Å². The van der Waals surface area contributed by atoms with Crippen LogP contribution >= 0.6 is 0 Å². The Bertz CT molecular complexity index is 388. The molecule has 0 saturated heterocycles. The lowest BCUT2D eigenvalue weighted by Gasteiger charge is -2.04. The molecule has 3 nitrogen and oxygen atoms in total. The molecule has 1 fully saturated rings. The minimum absolute atomic E-state index is 0.0801. The molecule has 0 heterocycles. The number of amides is 1. The molecule has 1 aliphatic rings. The van der Waals surface area contributed by atoms with Crippen molar-refractivity contribution >= 4 is 5.91 Å². The largest absolute Gasteiger partial charge is 0.505 e. The van der Waals surface area contributed by atoms with Crippen LogP contribution in [0.4, 0.5) is 4.39 Å². The van der Waals surface area contributed by atoms with Crippen LogP contribution in [0.3, 0.4) is 0 Å². The number of carbonyl (C=O) groups excluding carboxylic acids is 1. The SMILES string of the molecule is O=C(Cc1ccc(F)c(O)c1)NC1CC1. The second kappa shape index (κ2) is 3.88. The lowest BCUT2D eigenvalue weighted by Crippen LogP contribution is -2.26. The van der Waals surface area contributed by atoms with Gasteiger partial charge in [0.25, 0.3) is 0 Å². The highest BCUT2D eigenvalue weighted by molar-refractivity contribution is 5.79. The summed E-state index contributed by atoms with van der Waals surface area (Å²) >= 11 is 0. The molecule has 1 aliphatic carbocycles. The summed E-state index contributed by atoms with van der Waals surface area (Å²) in [6.45, 7) is 0. The van der Waals surface area contributed by atoms with Crippen molar-refractivity contribution in [2.45, 2.75) is 25.3 Å². The summed E-state index contributed by atoms with van der Waals surface area (Å²) in [6, 6.07) is 4.27. The predicted molar refractivity (Wildman–Crippen MR) is 52.9 cm³/mol. The highest BCUT2D eigenvalue weighted by atomic mass is 19.1. The summed E-state index contributed by atoms with van der Waals surface area (Å²) in [4.78, 5) is 11.4. The van der Waals surface area contributed by atoms with Gasteiger partial charge in [-0.05, 0) is 30.5 Å². The molecule has 1 aromatic carbocycles. The third kappa shape index (κ3) is 2.68. The second-order valence-corrected chi connectivity index (χ2v) is 3.80. The highest BCUT2D eigenvalue weighted by Crippen LogP contribution is 2.20. The molecule has 15 heavy (non-hydrogen) atoms. The number of phenolic OH excluding ortho intramolecular Hbond substituents is 1. The van der Waals surface area contributed by atoms with Crippen LogP contribution < -0.4 is 5.32 Å². The van der Waals surface area contributed by atoms with Crippen LogP contribution in [0.15, 0.2) is 18.2 Å². The molecule has 0 atom stereocenters. The maximum absolute atomic E-state index is 12.7. The minimum Gasteiger partial charge on any atom is -0.505 e. The van der Waals surface area contributed by atoms with Crippen molar-refractivity contribution in [1.82, 2.24) is 5.32 Å². The summed E-state index contributed by atoms with van der Waals surface area (Å²) in [7, 11) is 0. The van der Waals surface area contributed by atoms with Crippen molar-refractivity contribution in [2.24, 2.45) is 0 Å². The summed E-state index contributed by atoms with van der Waals surface area (Å²) < 4.78 is 12.7. The van der Waals surface area contributed by atoms with Crippen LogP contribution in [0.2, 0.25) is 0 Å². The maximum atomic E-state index is 12.7. The number of hydrogen-bond donors (Lipinski definition) is 2. The number of nitrogens with one attached hydrogen (secondary N) is 1. The van der Waals surface area contributed by atoms with E-state index in [1.807, 2.05) is 0 Å². The van der Waals surface area contributed by atoms with Crippen LogP contribution in [0.25, 0.3) is 0 Å². The number of rotatable bonds is 3. The summed E-state index contributed by atoms with van der Waals surface area (Å²) in [6.07, 6.45) is 2.27. The first kappa shape index (κ1) is 9.96. The fourth-order valence-electron chi connectivity index (χ4n) is 1.36.